The molecule has 0 bridgehead atoms. The smallest absolute Gasteiger partial charge is 0.462 e. The SMILES string of the molecule is CCCCC/C=C\C/C=C\CCCCCCCCCCCC(=O)OC(COC(=O)CCCCCCCCCCCCCC)COP(=O)(O)O. The third kappa shape index (κ3) is 39.2. The number of hydrogen-bond acceptors (Lipinski definition) is 6. The zero-order chi connectivity index (χ0) is 36.1. The molecule has 288 valence electrons. The van der Waals surface area contributed by atoms with E-state index < -0.39 is 32.5 Å². The van der Waals surface area contributed by atoms with E-state index in [2.05, 4.69) is 42.7 Å². The summed E-state index contributed by atoms with van der Waals surface area (Å²) < 4.78 is 26.3. The topological polar surface area (TPSA) is 119 Å². The van der Waals surface area contributed by atoms with E-state index in [1.807, 2.05) is 0 Å². The van der Waals surface area contributed by atoms with E-state index in [9.17, 15) is 14.2 Å². The lowest BCUT2D eigenvalue weighted by atomic mass is 10.0. The van der Waals surface area contributed by atoms with E-state index in [1.54, 1.807) is 0 Å². The van der Waals surface area contributed by atoms with Crippen molar-refractivity contribution in [2.75, 3.05) is 13.2 Å². The minimum Gasteiger partial charge on any atom is -0.462 e. The number of allylic oxidation sites excluding steroid dienone is 4. The summed E-state index contributed by atoms with van der Waals surface area (Å²) in [6.07, 6.45) is 40.4. The number of esters is 2. The first-order valence-corrected chi connectivity index (χ1v) is 21.7. The molecule has 49 heavy (non-hydrogen) atoms. The van der Waals surface area contributed by atoms with Gasteiger partial charge in [-0.25, -0.2) is 4.57 Å². The minimum absolute atomic E-state index is 0.210. The van der Waals surface area contributed by atoms with Crippen molar-refractivity contribution in [3.63, 3.8) is 0 Å². The molecule has 0 aliphatic carbocycles. The van der Waals surface area contributed by atoms with E-state index in [-0.39, 0.29) is 19.4 Å². The Morgan fingerprint density at radius 2 is 0.918 bits per heavy atom. The largest absolute Gasteiger partial charge is 0.469 e. The molecule has 0 fully saturated rings. The van der Waals surface area contributed by atoms with Crippen molar-refractivity contribution in [2.24, 2.45) is 0 Å². The Labute approximate surface area is 300 Å². The zero-order valence-electron chi connectivity index (χ0n) is 31.6. The van der Waals surface area contributed by atoms with Gasteiger partial charge in [-0.3, -0.25) is 14.1 Å². The Morgan fingerprint density at radius 3 is 1.39 bits per heavy atom. The molecule has 0 spiro atoms. The van der Waals surface area contributed by atoms with Crippen LogP contribution in [0.3, 0.4) is 0 Å². The summed E-state index contributed by atoms with van der Waals surface area (Å²) in [5.41, 5.74) is 0. The fraction of sp³-hybridized carbons (Fsp3) is 0.850. The van der Waals surface area contributed by atoms with Crippen molar-refractivity contribution >= 4 is 19.8 Å². The molecule has 0 amide bonds. The van der Waals surface area contributed by atoms with Gasteiger partial charge in [0.05, 0.1) is 6.61 Å². The summed E-state index contributed by atoms with van der Waals surface area (Å²) in [6.45, 7) is 3.66. The van der Waals surface area contributed by atoms with Gasteiger partial charge in [0, 0.05) is 12.8 Å². The van der Waals surface area contributed by atoms with Crippen molar-refractivity contribution in [3.8, 4) is 0 Å². The number of carbonyl (C=O) groups excluding carboxylic acids is 2. The van der Waals surface area contributed by atoms with E-state index in [4.69, 9.17) is 19.3 Å². The van der Waals surface area contributed by atoms with Crippen LogP contribution in [0.1, 0.15) is 200 Å². The summed E-state index contributed by atoms with van der Waals surface area (Å²) in [7, 11) is -4.75. The molecule has 1 unspecified atom stereocenters. The highest BCUT2D eigenvalue weighted by Gasteiger charge is 2.22. The molecule has 0 radical (unpaired) electrons. The van der Waals surface area contributed by atoms with Crippen LogP contribution >= 0.6 is 7.82 Å². The minimum atomic E-state index is -4.75. The Morgan fingerprint density at radius 1 is 0.531 bits per heavy atom. The Balaban J connectivity index is 3.91. The van der Waals surface area contributed by atoms with Gasteiger partial charge in [0.25, 0.3) is 0 Å². The molecule has 0 aromatic heterocycles. The number of carbonyl (C=O) groups is 2. The first kappa shape index (κ1) is 47.5. The van der Waals surface area contributed by atoms with Crippen LogP contribution in [0.25, 0.3) is 0 Å². The quantitative estimate of drug-likeness (QED) is 0.0282. The number of rotatable bonds is 37. The normalized spacial score (nSPS) is 12.7. The molecule has 8 nitrogen and oxygen atoms in total. The number of phosphoric ester groups is 1. The van der Waals surface area contributed by atoms with Gasteiger partial charge in [-0.05, 0) is 44.9 Å². The van der Waals surface area contributed by atoms with E-state index >= 15 is 0 Å². The standard InChI is InChI=1S/C40H75O8P/c1-3-5-7-9-11-13-15-17-18-19-20-21-22-23-25-27-29-31-33-35-40(42)48-38(37-47-49(43,44)45)36-46-39(41)34-32-30-28-26-24-16-14-12-10-8-6-4-2/h11,13,17-18,38H,3-10,12,14-16,19-37H2,1-2H3,(H2,43,44,45)/b13-11-,18-17-. The lowest BCUT2D eigenvalue weighted by Gasteiger charge is -2.18. The second-order valence-electron chi connectivity index (χ2n) is 13.6. The van der Waals surface area contributed by atoms with E-state index in [0.717, 1.165) is 51.4 Å². The maximum absolute atomic E-state index is 12.4. The first-order valence-electron chi connectivity index (χ1n) is 20.1. The monoisotopic (exact) mass is 715 g/mol. The molecule has 0 heterocycles. The summed E-state index contributed by atoms with van der Waals surface area (Å²) in [5.74, 6) is -0.883. The van der Waals surface area contributed by atoms with Gasteiger partial charge < -0.3 is 19.3 Å². The summed E-state index contributed by atoms with van der Waals surface area (Å²) in [5, 5.41) is 0. The molecule has 0 aromatic carbocycles. The van der Waals surface area contributed by atoms with Crippen LogP contribution in [0.4, 0.5) is 0 Å². The predicted octanol–water partition coefficient (Wildman–Crippen LogP) is 12.0. The van der Waals surface area contributed by atoms with Gasteiger partial charge in [0.2, 0.25) is 0 Å². The molecule has 0 aliphatic heterocycles. The fourth-order valence-corrected chi connectivity index (χ4v) is 6.06. The number of phosphoric acid groups is 1. The molecule has 0 saturated heterocycles. The molecule has 0 rings (SSSR count). The molecule has 1 atom stereocenters. The number of ether oxygens (including phenoxy) is 2. The highest BCUT2D eigenvalue weighted by atomic mass is 31.2. The van der Waals surface area contributed by atoms with Gasteiger partial charge in [-0.1, -0.05) is 167 Å². The zero-order valence-corrected chi connectivity index (χ0v) is 32.5. The van der Waals surface area contributed by atoms with Crippen LogP contribution in [0.5, 0.6) is 0 Å². The first-order chi connectivity index (χ1) is 23.8. The molecule has 2 N–H and O–H groups in total. The van der Waals surface area contributed by atoms with Gasteiger partial charge in [-0.2, -0.15) is 0 Å². The van der Waals surface area contributed by atoms with E-state index in [1.165, 1.54) is 116 Å². The third-order valence-electron chi connectivity index (χ3n) is 8.72. The van der Waals surface area contributed by atoms with Crippen LogP contribution < -0.4 is 0 Å². The highest BCUT2D eigenvalue weighted by Crippen LogP contribution is 2.36. The lowest BCUT2D eigenvalue weighted by Crippen LogP contribution is -2.29. The predicted molar refractivity (Wildman–Crippen MR) is 202 cm³/mol. The third-order valence-corrected chi connectivity index (χ3v) is 9.21. The summed E-state index contributed by atoms with van der Waals surface area (Å²) >= 11 is 0. The fourth-order valence-electron chi connectivity index (χ4n) is 5.70. The maximum atomic E-state index is 12.4. The Kier molecular flexibility index (Phi) is 35.2. The molecular formula is C40H75O8P. The molecule has 0 aliphatic rings. The number of unbranched alkanes of at least 4 members (excludes halogenated alkanes) is 23. The van der Waals surface area contributed by atoms with Crippen molar-refractivity contribution in [1.82, 2.24) is 0 Å². The lowest BCUT2D eigenvalue weighted by molar-refractivity contribution is -0.161. The second-order valence-corrected chi connectivity index (χ2v) is 14.9. The summed E-state index contributed by atoms with van der Waals surface area (Å²) in [6, 6.07) is 0. The Hall–Kier alpha value is -1.47. The number of hydrogen-bond donors (Lipinski definition) is 2. The van der Waals surface area contributed by atoms with Crippen LogP contribution in [-0.2, 0) is 28.2 Å². The van der Waals surface area contributed by atoms with E-state index in [0.29, 0.717) is 6.42 Å². The second kappa shape index (κ2) is 36.3. The van der Waals surface area contributed by atoms with Gasteiger partial charge >= 0.3 is 19.8 Å². The van der Waals surface area contributed by atoms with Crippen molar-refractivity contribution in [1.29, 1.82) is 0 Å². The van der Waals surface area contributed by atoms with Crippen LogP contribution in [-0.4, -0.2) is 41.0 Å². The maximum Gasteiger partial charge on any atom is 0.469 e. The summed E-state index contributed by atoms with van der Waals surface area (Å²) in [4.78, 5) is 42.7. The van der Waals surface area contributed by atoms with Gasteiger partial charge in [-0.15, -0.1) is 0 Å². The molecule has 0 aromatic rings. The molecular weight excluding hydrogens is 639 g/mol. The van der Waals surface area contributed by atoms with Crippen LogP contribution in [0.2, 0.25) is 0 Å². The van der Waals surface area contributed by atoms with Crippen LogP contribution in [0.15, 0.2) is 24.3 Å². The van der Waals surface area contributed by atoms with Gasteiger partial charge in [0.15, 0.2) is 6.10 Å². The average molecular weight is 715 g/mol. The molecule has 9 heteroatoms. The van der Waals surface area contributed by atoms with Crippen molar-refractivity contribution in [2.45, 2.75) is 206 Å². The average Bonchev–Trinajstić information content (AvgIpc) is 3.07. The Bertz CT molecular complexity index is 853. The van der Waals surface area contributed by atoms with Gasteiger partial charge in [0.1, 0.15) is 6.61 Å². The van der Waals surface area contributed by atoms with Crippen molar-refractivity contribution in [3.05, 3.63) is 24.3 Å². The van der Waals surface area contributed by atoms with Crippen LogP contribution in [0, 0.1) is 0 Å². The molecule has 0 saturated carbocycles. The van der Waals surface area contributed by atoms with Crippen molar-refractivity contribution < 1.29 is 37.9 Å². The highest BCUT2D eigenvalue weighted by molar-refractivity contribution is 7.46.